The number of nitrogens with two attached hydrogens (primary N) is 1. The molecule has 0 amide bonds. The molecular formula is C13H17NO3. The molecule has 1 aromatic rings. The number of methoxy groups -OCH3 is 2. The van der Waals surface area contributed by atoms with Gasteiger partial charge in [0.25, 0.3) is 0 Å². The van der Waals surface area contributed by atoms with Gasteiger partial charge in [0.05, 0.1) is 14.2 Å². The molecule has 0 bridgehead atoms. The van der Waals surface area contributed by atoms with Gasteiger partial charge in [0.2, 0.25) is 0 Å². The molecule has 0 saturated carbocycles. The van der Waals surface area contributed by atoms with Crippen molar-refractivity contribution in [2.24, 2.45) is 5.73 Å². The van der Waals surface area contributed by atoms with Gasteiger partial charge in [-0.05, 0) is 36.1 Å². The van der Waals surface area contributed by atoms with Gasteiger partial charge in [-0.2, -0.15) is 0 Å². The minimum Gasteiger partial charge on any atom is -0.497 e. The van der Waals surface area contributed by atoms with Gasteiger partial charge in [-0.15, -0.1) is 0 Å². The molecule has 0 aromatic heterocycles. The van der Waals surface area contributed by atoms with Crippen LogP contribution in [0.25, 0.3) is 0 Å². The number of esters is 1. The lowest BCUT2D eigenvalue weighted by Gasteiger charge is -2.32. The molecule has 4 nitrogen and oxygen atoms in total. The van der Waals surface area contributed by atoms with Crippen LogP contribution in [0.15, 0.2) is 18.2 Å². The third kappa shape index (κ3) is 2.13. The van der Waals surface area contributed by atoms with Crippen molar-refractivity contribution in [3.63, 3.8) is 0 Å². The highest BCUT2D eigenvalue weighted by molar-refractivity contribution is 5.81. The van der Waals surface area contributed by atoms with Gasteiger partial charge in [0.1, 0.15) is 11.3 Å². The lowest BCUT2D eigenvalue weighted by atomic mass is 9.78. The van der Waals surface area contributed by atoms with Crippen LogP contribution >= 0.6 is 0 Å². The van der Waals surface area contributed by atoms with Gasteiger partial charge in [-0.1, -0.05) is 6.07 Å². The molecule has 0 radical (unpaired) electrons. The Kier molecular flexibility index (Phi) is 3.07. The number of hydrogen-bond acceptors (Lipinski definition) is 4. The first-order valence-electron chi connectivity index (χ1n) is 5.62. The first-order valence-corrected chi connectivity index (χ1v) is 5.62. The minimum atomic E-state index is -0.879. The number of hydrogen-bond donors (Lipinski definition) is 1. The predicted molar refractivity (Wildman–Crippen MR) is 64.0 cm³/mol. The molecule has 2 N–H and O–H groups in total. The highest BCUT2D eigenvalue weighted by Crippen LogP contribution is 2.30. The van der Waals surface area contributed by atoms with Crippen LogP contribution in [-0.4, -0.2) is 25.7 Å². The molecule has 4 heteroatoms. The summed E-state index contributed by atoms with van der Waals surface area (Å²) in [5.41, 5.74) is 7.52. The molecule has 1 atom stereocenters. The molecule has 2 rings (SSSR count). The van der Waals surface area contributed by atoms with Gasteiger partial charge in [0, 0.05) is 6.42 Å². The summed E-state index contributed by atoms with van der Waals surface area (Å²) in [5, 5.41) is 0. The van der Waals surface area contributed by atoms with Crippen LogP contribution < -0.4 is 10.5 Å². The summed E-state index contributed by atoms with van der Waals surface area (Å²) in [4.78, 5) is 11.6. The van der Waals surface area contributed by atoms with E-state index in [0.717, 1.165) is 17.7 Å². The molecule has 0 aliphatic heterocycles. The quantitative estimate of drug-likeness (QED) is 0.778. The Balaban J connectivity index is 2.28. The van der Waals surface area contributed by atoms with E-state index >= 15 is 0 Å². The first kappa shape index (κ1) is 11.9. The van der Waals surface area contributed by atoms with Gasteiger partial charge < -0.3 is 15.2 Å². The SMILES string of the molecule is COC(=O)C1(N)CCc2cc(OC)ccc2C1. The Morgan fingerprint density at radius 3 is 2.76 bits per heavy atom. The maximum Gasteiger partial charge on any atom is 0.326 e. The molecule has 92 valence electrons. The van der Waals surface area contributed by atoms with Crippen molar-refractivity contribution in [2.75, 3.05) is 14.2 Å². The fourth-order valence-electron chi connectivity index (χ4n) is 2.30. The molecule has 0 spiro atoms. The molecular weight excluding hydrogens is 218 g/mol. The van der Waals surface area contributed by atoms with Crippen LogP contribution in [-0.2, 0) is 22.4 Å². The molecule has 1 aromatic carbocycles. The second-order valence-corrected chi connectivity index (χ2v) is 4.46. The molecule has 17 heavy (non-hydrogen) atoms. The lowest BCUT2D eigenvalue weighted by molar-refractivity contribution is -0.147. The first-order chi connectivity index (χ1) is 8.09. The Labute approximate surface area is 101 Å². The molecule has 1 aliphatic rings. The van der Waals surface area contributed by atoms with E-state index in [-0.39, 0.29) is 5.97 Å². The van der Waals surface area contributed by atoms with Crippen LogP contribution in [0.3, 0.4) is 0 Å². The number of carbonyl (C=O) groups is 1. The van der Waals surface area contributed by atoms with Crippen molar-refractivity contribution in [3.8, 4) is 5.75 Å². The van der Waals surface area contributed by atoms with Gasteiger partial charge in [0.15, 0.2) is 0 Å². The van der Waals surface area contributed by atoms with Crippen molar-refractivity contribution < 1.29 is 14.3 Å². The zero-order chi connectivity index (χ0) is 12.5. The molecule has 1 unspecified atom stereocenters. The number of fused-ring (bicyclic) bond motifs is 1. The zero-order valence-corrected chi connectivity index (χ0v) is 10.2. The van der Waals surface area contributed by atoms with Crippen molar-refractivity contribution in [1.29, 1.82) is 0 Å². The second-order valence-electron chi connectivity index (χ2n) is 4.46. The van der Waals surface area contributed by atoms with Gasteiger partial charge in [-0.3, -0.25) is 4.79 Å². The number of aryl methyl sites for hydroxylation is 1. The summed E-state index contributed by atoms with van der Waals surface area (Å²) in [5.74, 6) is 0.505. The van der Waals surface area contributed by atoms with Crippen LogP contribution in [0.5, 0.6) is 5.75 Å². The third-order valence-electron chi connectivity index (χ3n) is 3.35. The molecule has 1 aliphatic carbocycles. The van der Waals surface area contributed by atoms with Gasteiger partial charge in [-0.25, -0.2) is 0 Å². The van der Waals surface area contributed by atoms with Crippen molar-refractivity contribution in [1.82, 2.24) is 0 Å². The Hall–Kier alpha value is -1.55. The average molecular weight is 235 g/mol. The summed E-state index contributed by atoms with van der Waals surface area (Å²) in [6.07, 6.45) is 1.91. The van der Waals surface area contributed by atoms with E-state index in [0.29, 0.717) is 12.8 Å². The summed E-state index contributed by atoms with van der Waals surface area (Å²) >= 11 is 0. The average Bonchev–Trinajstić information content (AvgIpc) is 2.37. The lowest BCUT2D eigenvalue weighted by Crippen LogP contribution is -2.52. The number of ether oxygens (including phenoxy) is 2. The van der Waals surface area contributed by atoms with E-state index in [1.165, 1.54) is 12.7 Å². The predicted octanol–water partition coefficient (Wildman–Crippen LogP) is 1.05. The third-order valence-corrected chi connectivity index (χ3v) is 3.35. The number of benzene rings is 1. The summed E-state index contributed by atoms with van der Waals surface area (Å²) < 4.78 is 9.94. The summed E-state index contributed by atoms with van der Waals surface area (Å²) in [7, 11) is 3.02. The van der Waals surface area contributed by atoms with E-state index < -0.39 is 5.54 Å². The van der Waals surface area contributed by atoms with Crippen LogP contribution in [0.2, 0.25) is 0 Å². The van der Waals surface area contributed by atoms with Crippen LogP contribution in [0, 0.1) is 0 Å². The van der Waals surface area contributed by atoms with E-state index in [2.05, 4.69) is 0 Å². The van der Waals surface area contributed by atoms with E-state index in [4.69, 9.17) is 15.2 Å². The molecule has 0 fully saturated rings. The topological polar surface area (TPSA) is 61.5 Å². The Morgan fingerprint density at radius 1 is 1.35 bits per heavy atom. The highest BCUT2D eigenvalue weighted by atomic mass is 16.5. The van der Waals surface area contributed by atoms with Gasteiger partial charge >= 0.3 is 5.97 Å². The fourth-order valence-corrected chi connectivity index (χ4v) is 2.30. The molecule has 0 heterocycles. The zero-order valence-electron chi connectivity index (χ0n) is 10.2. The second kappa shape index (κ2) is 4.37. The van der Waals surface area contributed by atoms with Crippen molar-refractivity contribution >= 4 is 5.97 Å². The van der Waals surface area contributed by atoms with Crippen molar-refractivity contribution in [2.45, 2.75) is 24.8 Å². The fraction of sp³-hybridized carbons (Fsp3) is 0.462. The minimum absolute atomic E-state index is 0.334. The number of carbonyl (C=O) groups excluding carboxylic acids is 1. The Bertz CT molecular complexity index is 444. The van der Waals surface area contributed by atoms with E-state index in [1.54, 1.807) is 7.11 Å². The highest BCUT2D eigenvalue weighted by Gasteiger charge is 2.38. The largest absolute Gasteiger partial charge is 0.497 e. The van der Waals surface area contributed by atoms with E-state index in [9.17, 15) is 4.79 Å². The number of rotatable bonds is 2. The summed E-state index contributed by atoms with van der Waals surface area (Å²) in [6.45, 7) is 0. The maximum absolute atomic E-state index is 11.6. The van der Waals surface area contributed by atoms with Crippen molar-refractivity contribution in [3.05, 3.63) is 29.3 Å². The normalized spacial score (nSPS) is 22.8. The smallest absolute Gasteiger partial charge is 0.326 e. The monoisotopic (exact) mass is 235 g/mol. The van der Waals surface area contributed by atoms with E-state index in [1.807, 2.05) is 18.2 Å². The van der Waals surface area contributed by atoms with Crippen LogP contribution in [0.4, 0.5) is 0 Å². The van der Waals surface area contributed by atoms with Crippen LogP contribution in [0.1, 0.15) is 17.5 Å². The molecule has 0 saturated heterocycles. The summed E-state index contributed by atoms with van der Waals surface area (Å²) in [6, 6.07) is 5.87. The maximum atomic E-state index is 11.6. The standard InChI is InChI=1S/C13H17NO3/c1-16-11-4-3-10-8-13(14,12(15)17-2)6-5-9(10)7-11/h3-4,7H,5-6,8,14H2,1-2H3. The Morgan fingerprint density at radius 2 is 2.12 bits per heavy atom.